The van der Waals surface area contributed by atoms with Crippen LogP contribution >= 0.6 is 0 Å². The van der Waals surface area contributed by atoms with Gasteiger partial charge in [0.15, 0.2) is 5.82 Å². The topological polar surface area (TPSA) is 97.1 Å². The number of rotatable bonds is 5. The lowest BCUT2D eigenvalue weighted by atomic mass is 9.77. The summed E-state index contributed by atoms with van der Waals surface area (Å²) in [6.07, 6.45) is 3.50. The van der Waals surface area contributed by atoms with Crippen LogP contribution in [0.3, 0.4) is 0 Å². The Balaban J connectivity index is 1.27. The van der Waals surface area contributed by atoms with Crippen molar-refractivity contribution in [3.05, 3.63) is 24.0 Å². The normalized spacial score (nSPS) is 34.2. The number of nitrogens with zero attached hydrogens (tertiary/aromatic N) is 3. The molecule has 1 aromatic rings. The number of anilines is 1. The molecule has 1 N–H and O–H groups in total. The Morgan fingerprint density at radius 1 is 1.39 bits per heavy atom. The SMILES string of the molecule is Cc1cc(N2C[C@]34C=CC(O3)C(C(=O)NCCN3CCOCC3)C4C2=O)no1. The lowest BCUT2D eigenvalue weighted by molar-refractivity contribution is -0.132. The minimum Gasteiger partial charge on any atom is -0.379 e. The number of fused-ring (bicyclic) bond motifs is 1. The minimum absolute atomic E-state index is 0.124. The van der Waals surface area contributed by atoms with Crippen LogP contribution in [0.4, 0.5) is 5.82 Å². The predicted octanol–water partition coefficient (Wildman–Crippen LogP) is -0.282. The molecule has 0 aliphatic carbocycles. The monoisotopic (exact) mass is 388 g/mol. The third kappa shape index (κ3) is 2.76. The summed E-state index contributed by atoms with van der Waals surface area (Å²) in [5.74, 6) is -0.189. The van der Waals surface area contributed by atoms with Crippen molar-refractivity contribution in [3.8, 4) is 0 Å². The Morgan fingerprint density at radius 3 is 2.96 bits per heavy atom. The maximum absolute atomic E-state index is 13.1. The van der Waals surface area contributed by atoms with Gasteiger partial charge in [-0.2, -0.15) is 0 Å². The molecule has 4 aliphatic rings. The van der Waals surface area contributed by atoms with Gasteiger partial charge < -0.3 is 19.3 Å². The molecule has 3 saturated heterocycles. The lowest BCUT2D eigenvalue weighted by Crippen LogP contribution is -2.46. The highest BCUT2D eigenvalue weighted by molar-refractivity contribution is 6.02. The van der Waals surface area contributed by atoms with E-state index in [-0.39, 0.29) is 17.9 Å². The molecule has 5 heterocycles. The molecule has 0 aromatic carbocycles. The van der Waals surface area contributed by atoms with Crippen molar-refractivity contribution in [2.45, 2.75) is 18.6 Å². The highest BCUT2D eigenvalue weighted by Crippen LogP contribution is 2.52. The summed E-state index contributed by atoms with van der Waals surface area (Å²) in [5, 5.41) is 6.97. The van der Waals surface area contributed by atoms with Gasteiger partial charge in [-0.1, -0.05) is 17.3 Å². The van der Waals surface area contributed by atoms with Crippen molar-refractivity contribution in [2.24, 2.45) is 11.8 Å². The third-order valence-corrected chi connectivity index (χ3v) is 6.13. The van der Waals surface area contributed by atoms with Gasteiger partial charge in [0.2, 0.25) is 11.8 Å². The molecule has 28 heavy (non-hydrogen) atoms. The van der Waals surface area contributed by atoms with E-state index in [1.165, 1.54) is 0 Å². The Kier molecular flexibility index (Phi) is 4.26. The minimum atomic E-state index is -0.749. The maximum atomic E-state index is 13.1. The van der Waals surface area contributed by atoms with Crippen molar-refractivity contribution in [1.29, 1.82) is 0 Å². The number of aromatic nitrogens is 1. The zero-order valence-corrected chi connectivity index (χ0v) is 15.8. The number of ether oxygens (including phenoxy) is 2. The molecule has 4 atom stereocenters. The second-order valence-corrected chi connectivity index (χ2v) is 7.87. The standard InChI is InChI=1S/C19H24N4O5/c1-12-10-14(21-28-12)23-11-19-3-2-13(27-19)15(16(19)18(23)25)17(24)20-4-5-22-6-8-26-9-7-22/h2-3,10,13,15-16H,4-9,11H2,1H3,(H,20,24)/t13?,15?,16?,19-/m0/s1. The number of amides is 2. The molecule has 9 nitrogen and oxygen atoms in total. The Bertz CT molecular complexity index is 817. The zero-order valence-electron chi connectivity index (χ0n) is 15.8. The fourth-order valence-corrected chi connectivity index (χ4v) is 4.75. The van der Waals surface area contributed by atoms with E-state index < -0.39 is 17.4 Å². The Morgan fingerprint density at radius 2 is 2.21 bits per heavy atom. The average Bonchev–Trinajstić information content (AvgIpc) is 3.44. The highest BCUT2D eigenvalue weighted by atomic mass is 16.5. The van der Waals surface area contributed by atoms with Crippen LogP contribution in [-0.4, -0.2) is 79.5 Å². The molecule has 0 radical (unpaired) electrons. The lowest BCUT2D eigenvalue weighted by Gasteiger charge is -2.27. The summed E-state index contributed by atoms with van der Waals surface area (Å²) >= 11 is 0. The summed E-state index contributed by atoms with van der Waals surface area (Å²) in [6, 6.07) is 1.73. The smallest absolute Gasteiger partial charge is 0.235 e. The molecule has 2 bridgehead atoms. The van der Waals surface area contributed by atoms with E-state index in [1.807, 2.05) is 12.2 Å². The Hall–Kier alpha value is -2.23. The predicted molar refractivity (Wildman–Crippen MR) is 97.6 cm³/mol. The van der Waals surface area contributed by atoms with Crippen LogP contribution in [0.25, 0.3) is 0 Å². The van der Waals surface area contributed by atoms with E-state index in [0.717, 1.165) is 32.8 Å². The molecule has 4 aliphatic heterocycles. The van der Waals surface area contributed by atoms with Gasteiger partial charge in [-0.3, -0.25) is 19.4 Å². The van der Waals surface area contributed by atoms with Crippen LogP contribution < -0.4 is 10.2 Å². The van der Waals surface area contributed by atoms with E-state index in [9.17, 15) is 9.59 Å². The molecule has 3 fully saturated rings. The number of morpholine rings is 1. The molecular formula is C19H24N4O5. The number of aryl methyl sites for hydroxylation is 1. The summed E-state index contributed by atoms with van der Waals surface area (Å²) in [4.78, 5) is 29.9. The first-order valence-corrected chi connectivity index (χ1v) is 9.77. The van der Waals surface area contributed by atoms with Crippen LogP contribution in [0.5, 0.6) is 0 Å². The van der Waals surface area contributed by atoms with Gasteiger partial charge in [-0.25, -0.2) is 0 Å². The first kappa shape index (κ1) is 17.8. The van der Waals surface area contributed by atoms with Crippen LogP contribution in [0.1, 0.15) is 5.76 Å². The van der Waals surface area contributed by atoms with Gasteiger partial charge in [0.25, 0.3) is 0 Å². The summed E-state index contributed by atoms with van der Waals surface area (Å²) in [6.45, 7) is 6.68. The number of hydrogen-bond acceptors (Lipinski definition) is 7. The summed E-state index contributed by atoms with van der Waals surface area (Å²) in [5.41, 5.74) is -0.749. The van der Waals surface area contributed by atoms with Crippen molar-refractivity contribution in [2.75, 3.05) is 50.8 Å². The molecule has 1 aromatic heterocycles. The van der Waals surface area contributed by atoms with Gasteiger partial charge in [0.1, 0.15) is 11.4 Å². The average molecular weight is 388 g/mol. The third-order valence-electron chi connectivity index (χ3n) is 6.13. The quantitative estimate of drug-likeness (QED) is 0.693. The molecule has 5 rings (SSSR count). The maximum Gasteiger partial charge on any atom is 0.235 e. The van der Waals surface area contributed by atoms with Crippen molar-refractivity contribution in [1.82, 2.24) is 15.4 Å². The number of carbonyl (C=O) groups excluding carboxylic acids is 2. The van der Waals surface area contributed by atoms with Gasteiger partial charge in [-0.05, 0) is 6.92 Å². The zero-order chi connectivity index (χ0) is 19.3. The summed E-state index contributed by atoms with van der Waals surface area (Å²) in [7, 11) is 0. The van der Waals surface area contributed by atoms with E-state index in [2.05, 4.69) is 15.4 Å². The molecule has 9 heteroatoms. The molecular weight excluding hydrogens is 364 g/mol. The number of carbonyl (C=O) groups is 2. The first-order chi connectivity index (χ1) is 13.6. The molecule has 1 spiro atoms. The molecule has 2 amide bonds. The van der Waals surface area contributed by atoms with E-state index >= 15 is 0 Å². The van der Waals surface area contributed by atoms with E-state index in [1.54, 1.807) is 17.9 Å². The Labute approximate surface area is 162 Å². The number of nitrogens with one attached hydrogen (secondary N) is 1. The van der Waals surface area contributed by atoms with Crippen LogP contribution in [0.15, 0.2) is 22.7 Å². The van der Waals surface area contributed by atoms with Crippen molar-refractivity contribution in [3.63, 3.8) is 0 Å². The largest absolute Gasteiger partial charge is 0.379 e. The molecule has 3 unspecified atom stereocenters. The van der Waals surface area contributed by atoms with Gasteiger partial charge in [0.05, 0.1) is 37.7 Å². The van der Waals surface area contributed by atoms with E-state index in [0.29, 0.717) is 24.7 Å². The van der Waals surface area contributed by atoms with Crippen molar-refractivity contribution >= 4 is 17.6 Å². The first-order valence-electron chi connectivity index (χ1n) is 9.77. The highest BCUT2D eigenvalue weighted by Gasteiger charge is 2.67. The fraction of sp³-hybridized carbons (Fsp3) is 0.632. The second-order valence-electron chi connectivity index (χ2n) is 7.87. The molecule has 0 saturated carbocycles. The van der Waals surface area contributed by atoms with Crippen LogP contribution in [-0.2, 0) is 19.1 Å². The molecule has 150 valence electrons. The second kappa shape index (κ2) is 6.68. The van der Waals surface area contributed by atoms with Crippen LogP contribution in [0.2, 0.25) is 0 Å². The van der Waals surface area contributed by atoms with Gasteiger partial charge >= 0.3 is 0 Å². The van der Waals surface area contributed by atoms with E-state index in [4.69, 9.17) is 14.0 Å². The van der Waals surface area contributed by atoms with Gasteiger partial charge in [-0.15, -0.1) is 0 Å². The number of hydrogen-bond donors (Lipinski definition) is 1. The fourth-order valence-electron chi connectivity index (χ4n) is 4.75. The van der Waals surface area contributed by atoms with Crippen molar-refractivity contribution < 1.29 is 23.6 Å². The van der Waals surface area contributed by atoms with Crippen LogP contribution in [0, 0.1) is 18.8 Å². The summed E-state index contributed by atoms with van der Waals surface area (Å²) < 4.78 is 16.6. The van der Waals surface area contributed by atoms with Gasteiger partial charge in [0, 0.05) is 32.2 Å².